The lowest BCUT2D eigenvalue weighted by Crippen LogP contribution is -2.63. The van der Waals surface area contributed by atoms with E-state index >= 15 is 0 Å². The number of hydrogen-bond acceptors (Lipinski definition) is 10. The molecule has 0 aliphatic carbocycles. The van der Waals surface area contributed by atoms with Gasteiger partial charge in [0.1, 0.15) is 36.3 Å². The third-order valence-corrected chi connectivity index (χ3v) is 12.2. The maximum atomic E-state index is 14.8. The standard InChI is InChI=1S/C47H83N9O8/c1-17-35(45(62)52(12)33(11)44(61)54(14)36(42(48)59)26-29(4)5)50-43(60)40(41(58)32(10)20-18-21-34-22-19-25-49-51-34)56(16)47(64)39(31(8)9)55(15)46(63)37(27-30(6)7)53(13)38(57)24-23-28(2)3/h19,22,25,28-33,35-37,39-41,58H,17-18,20-21,23-24,26-27H2,1-16H3,(H2,48,59)(H,50,60)/t32-,33-,35+,36+,37+,39+,40+,41-/m1/s1. The van der Waals surface area contributed by atoms with Crippen LogP contribution in [0.3, 0.4) is 0 Å². The normalized spacial score (nSPS) is 15.4. The molecule has 1 aromatic heterocycles. The highest BCUT2D eigenvalue weighted by molar-refractivity contribution is 5.97. The van der Waals surface area contributed by atoms with Gasteiger partial charge in [0.15, 0.2) is 0 Å². The minimum absolute atomic E-state index is 0.0458. The highest BCUT2D eigenvalue weighted by Gasteiger charge is 2.44. The number of aliphatic hydroxyl groups excluding tert-OH is 1. The van der Waals surface area contributed by atoms with Crippen molar-refractivity contribution in [2.75, 3.05) is 35.2 Å². The number of aromatic nitrogens is 2. The van der Waals surface area contributed by atoms with E-state index in [2.05, 4.69) is 15.5 Å². The summed E-state index contributed by atoms with van der Waals surface area (Å²) in [5.74, 6) is -4.38. The van der Waals surface area contributed by atoms with E-state index in [4.69, 9.17) is 5.73 Å². The van der Waals surface area contributed by atoms with Crippen molar-refractivity contribution in [2.45, 2.75) is 170 Å². The van der Waals surface area contributed by atoms with Gasteiger partial charge in [-0.25, -0.2) is 0 Å². The Labute approximate surface area is 383 Å². The molecular weight excluding hydrogens is 819 g/mol. The van der Waals surface area contributed by atoms with Gasteiger partial charge in [-0.3, -0.25) is 33.6 Å². The zero-order chi connectivity index (χ0) is 49.3. The fourth-order valence-electron chi connectivity index (χ4n) is 7.92. The molecule has 0 saturated heterocycles. The van der Waals surface area contributed by atoms with E-state index in [0.717, 1.165) is 10.6 Å². The van der Waals surface area contributed by atoms with E-state index in [9.17, 15) is 38.7 Å². The monoisotopic (exact) mass is 902 g/mol. The van der Waals surface area contributed by atoms with Gasteiger partial charge in [-0.15, -0.1) is 0 Å². The molecule has 1 aromatic rings. The number of carbonyl (C=O) groups is 7. The van der Waals surface area contributed by atoms with Gasteiger partial charge in [0.25, 0.3) is 0 Å². The molecule has 1 heterocycles. The second-order valence-electron chi connectivity index (χ2n) is 19.3. The minimum atomic E-state index is -1.51. The van der Waals surface area contributed by atoms with Crippen molar-refractivity contribution in [2.24, 2.45) is 35.3 Å². The Bertz CT molecular complexity index is 1680. The molecule has 0 aliphatic heterocycles. The van der Waals surface area contributed by atoms with Crippen LogP contribution in [-0.4, -0.2) is 159 Å². The van der Waals surface area contributed by atoms with Gasteiger partial charge < -0.3 is 40.7 Å². The molecule has 8 atom stereocenters. The average Bonchev–Trinajstić information content (AvgIpc) is 3.23. The molecule has 0 fully saturated rings. The van der Waals surface area contributed by atoms with Crippen molar-refractivity contribution in [3.63, 3.8) is 0 Å². The van der Waals surface area contributed by atoms with Crippen LogP contribution in [0.5, 0.6) is 0 Å². The first-order chi connectivity index (χ1) is 29.7. The van der Waals surface area contributed by atoms with E-state index < -0.39 is 89.6 Å². The van der Waals surface area contributed by atoms with Gasteiger partial charge >= 0.3 is 0 Å². The minimum Gasteiger partial charge on any atom is -0.390 e. The van der Waals surface area contributed by atoms with Crippen LogP contribution in [0.4, 0.5) is 0 Å². The Kier molecular flexibility index (Phi) is 24.2. The fraction of sp³-hybridized carbons (Fsp3) is 0.766. The number of aliphatic hydroxyl groups is 1. The lowest BCUT2D eigenvalue weighted by atomic mass is 9.90. The molecule has 0 unspecified atom stereocenters. The second kappa shape index (κ2) is 27.0. The van der Waals surface area contributed by atoms with E-state index in [1.807, 2.05) is 47.6 Å². The fourth-order valence-corrected chi connectivity index (χ4v) is 7.92. The van der Waals surface area contributed by atoms with Gasteiger partial charge in [-0.1, -0.05) is 69.2 Å². The Morgan fingerprint density at radius 1 is 0.688 bits per heavy atom. The van der Waals surface area contributed by atoms with Gasteiger partial charge in [0.2, 0.25) is 41.4 Å². The average molecular weight is 902 g/mol. The van der Waals surface area contributed by atoms with Crippen LogP contribution < -0.4 is 11.1 Å². The number of carbonyl (C=O) groups excluding carboxylic acids is 7. The molecule has 0 aromatic carbocycles. The van der Waals surface area contributed by atoms with Crippen molar-refractivity contribution >= 4 is 41.4 Å². The Morgan fingerprint density at radius 3 is 1.73 bits per heavy atom. The number of nitrogens with two attached hydrogens (primary N) is 1. The van der Waals surface area contributed by atoms with Crippen LogP contribution >= 0.6 is 0 Å². The molecule has 0 saturated carbocycles. The maximum Gasteiger partial charge on any atom is 0.246 e. The zero-order valence-electron chi connectivity index (χ0n) is 41.8. The van der Waals surface area contributed by atoms with Crippen LogP contribution in [-0.2, 0) is 40.0 Å². The summed E-state index contributed by atoms with van der Waals surface area (Å²) >= 11 is 0. The molecule has 0 bridgehead atoms. The van der Waals surface area contributed by atoms with E-state index in [-0.39, 0.29) is 30.6 Å². The molecule has 64 heavy (non-hydrogen) atoms. The van der Waals surface area contributed by atoms with Gasteiger partial charge in [-0.05, 0) is 93.6 Å². The molecule has 17 heteroatoms. The quantitative estimate of drug-likeness (QED) is 0.117. The Hall–Kier alpha value is -4.67. The number of amides is 7. The van der Waals surface area contributed by atoms with Crippen molar-refractivity contribution in [1.29, 1.82) is 0 Å². The second-order valence-corrected chi connectivity index (χ2v) is 19.3. The molecule has 17 nitrogen and oxygen atoms in total. The first-order valence-corrected chi connectivity index (χ1v) is 23.1. The topological polar surface area (TPSA) is 220 Å². The molecule has 364 valence electrons. The summed E-state index contributed by atoms with van der Waals surface area (Å²) in [6.45, 7) is 20.3. The first-order valence-electron chi connectivity index (χ1n) is 23.1. The lowest BCUT2D eigenvalue weighted by Gasteiger charge is -2.41. The number of nitrogens with one attached hydrogen (secondary N) is 1. The SMILES string of the molecule is CC[C@H](NC(=O)[C@H]([C@H](O)[C@H](C)CCCc1cccnn1)N(C)C(=O)[C@H](C(C)C)N(C)C(=O)[C@H](CC(C)C)N(C)C(=O)CCC(C)C)C(=O)N(C)[C@H](C)C(=O)N(C)[C@@H](CC(C)C)C(N)=O. The zero-order valence-corrected chi connectivity index (χ0v) is 41.8. The number of rotatable bonds is 27. The first kappa shape index (κ1) is 57.3. The summed E-state index contributed by atoms with van der Waals surface area (Å²) in [5, 5.41) is 22.9. The van der Waals surface area contributed by atoms with Crippen LogP contribution in [0.25, 0.3) is 0 Å². The molecule has 0 radical (unpaired) electrons. The highest BCUT2D eigenvalue weighted by atomic mass is 16.3. The Morgan fingerprint density at radius 2 is 1.25 bits per heavy atom. The summed E-state index contributed by atoms with van der Waals surface area (Å²) < 4.78 is 0. The summed E-state index contributed by atoms with van der Waals surface area (Å²) in [5.41, 5.74) is 6.41. The van der Waals surface area contributed by atoms with Gasteiger partial charge in [0, 0.05) is 47.9 Å². The Balaban J connectivity index is 3.63. The number of nitrogens with zero attached hydrogens (tertiary/aromatic N) is 7. The van der Waals surface area contributed by atoms with Crippen molar-refractivity contribution in [3.05, 3.63) is 24.0 Å². The third-order valence-electron chi connectivity index (χ3n) is 12.2. The van der Waals surface area contributed by atoms with Crippen LogP contribution in [0.1, 0.15) is 127 Å². The molecule has 0 spiro atoms. The smallest absolute Gasteiger partial charge is 0.246 e. The number of aryl methyl sites for hydroxylation is 1. The summed E-state index contributed by atoms with van der Waals surface area (Å²) in [7, 11) is 7.44. The molecule has 7 amide bonds. The van der Waals surface area contributed by atoms with E-state index in [0.29, 0.717) is 44.4 Å². The van der Waals surface area contributed by atoms with Gasteiger partial charge in [-0.2, -0.15) is 10.2 Å². The molecule has 1 rings (SSSR count). The highest BCUT2D eigenvalue weighted by Crippen LogP contribution is 2.24. The summed E-state index contributed by atoms with van der Waals surface area (Å²) in [4.78, 5) is 104. The van der Waals surface area contributed by atoms with Gasteiger partial charge in [0.05, 0.1) is 11.8 Å². The third kappa shape index (κ3) is 16.7. The van der Waals surface area contributed by atoms with Crippen molar-refractivity contribution in [1.82, 2.24) is 40.0 Å². The number of hydrogen-bond donors (Lipinski definition) is 3. The van der Waals surface area contributed by atoms with Crippen molar-refractivity contribution < 1.29 is 38.7 Å². The van der Waals surface area contributed by atoms with Crippen LogP contribution in [0, 0.1) is 29.6 Å². The predicted octanol–water partition coefficient (Wildman–Crippen LogP) is 3.52. The van der Waals surface area contributed by atoms with Crippen molar-refractivity contribution in [3.8, 4) is 0 Å². The van der Waals surface area contributed by atoms with E-state index in [1.165, 1.54) is 54.7 Å². The molecule has 4 N–H and O–H groups in total. The lowest BCUT2D eigenvalue weighted by molar-refractivity contribution is -0.156. The van der Waals surface area contributed by atoms with E-state index in [1.54, 1.807) is 47.0 Å². The largest absolute Gasteiger partial charge is 0.390 e. The van der Waals surface area contributed by atoms with Crippen LogP contribution in [0.2, 0.25) is 0 Å². The predicted molar refractivity (Wildman–Crippen MR) is 248 cm³/mol. The maximum absolute atomic E-state index is 14.8. The summed E-state index contributed by atoms with van der Waals surface area (Å²) in [6.07, 6.45) is 3.48. The van der Waals surface area contributed by atoms with Crippen LogP contribution in [0.15, 0.2) is 18.3 Å². The molecule has 0 aliphatic rings. The summed E-state index contributed by atoms with van der Waals surface area (Å²) in [6, 6.07) is -2.93. The molecular formula is C47H83N9O8. The number of primary amides is 1. The number of likely N-dealkylation sites (N-methyl/N-ethyl adjacent to an activating group) is 5.